The molecule has 5 nitrogen and oxygen atoms in total. The Kier molecular flexibility index (Phi) is 7.04. The van der Waals surface area contributed by atoms with Crippen molar-refractivity contribution < 1.29 is 14.3 Å². The third-order valence-electron chi connectivity index (χ3n) is 3.59. The van der Waals surface area contributed by atoms with Crippen LogP contribution in [-0.4, -0.2) is 24.5 Å². The summed E-state index contributed by atoms with van der Waals surface area (Å²) in [5, 5.41) is 3.40. The average molecular weight is 375 g/mol. The number of ether oxygens (including phenoxy) is 1. The van der Waals surface area contributed by atoms with E-state index < -0.39 is 0 Å². The van der Waals surface area contributed by atoms with E-state index >= 15 is 0 Å². The summed E-state index contributed by atoms with van der Waals surface area (Å²) < 4.78 is 5.61. The Morgan fingerprint density at radius 1 is 1.08 bits per heavy atom. The lowest BCUT2D eigenvalue weighted by Gasteiger charge is -2.21. The molecule has 0 bridgehead atoms. The molecule has 0 atom stereocenters. The van der Waals surface area contributed by atoms with Crippen LogP contribution in [-0.2, 0) is 9.59 Å². The van der Waals surface area contributed by atoms with E-state index in [0.717, 1.165) is 11.4 Å². The van der Waals surface area contributed by atoms with Crippen molar-refractivity contribution >= 4 is 34.8 Å². The number of rotatable bonds is 7. The van der Waals surface area contributed by atoms with Crippen molar-refractivity contribution in [2.24, 2.45) is 0 Å². The van der Waals surface area contributed by atoms with Gasteiger partial charge in [0.1, 0.15) is 5.75 Å². The van der Waals surface area contributed by atoms with Crippen molar-refractivity contribution in [3.63, 3.8) is 0 Å². The summed E-state index contributed by atoms with van der Waals surface area (Å²) in [5.41, 5.74) is 1.40. The zero-order chi connectivity index (χ0) is 19.1. The molecule has 0 fully saturated rings. The lowest BCUT2D eigenvalue weighted by Crippen LogP contribution is -2.31. The SMILES string of the molecule is CC(=O)N(CCC(=O)Nc1ccc(Cl)cc1)c1ccc(OC(C)C)cc1. The van der Waals surface area contributed by atoms with Crippen molar-refractivity contribution in [3.05, 3.63) is 53.6 Å². The average Bonchev–Trinajstić information content (AvgIpc) is 2.58. The van der Waals surface area contributed by atoms with Crippen LogP contribution in [0.2, 0.25) is 5.02 Å². The number of nitrogens with zero attached hydrogens (tertiary/aromatic N) is 1. The number of nitrogens with one attached hydrogen (secondary N) is 1. The number of anilines is 2. The Hall–Kier alpha value is -2.53. The highest BCUT2D eigenvalue weighted by atomic mass is 35.5. The van der Waals surface area contributed by atoms with E-state index in [1.54, 1.807) is 29.2 Å². The molecule has 6 heteroatoms. The largest absolute Gasteiger partial charge is 0.491 e. The van der Waals surface area contributed by atoms with E-state index in [4.69, 9.17) is 16.3 Å². The van der Waals surface area contributed by atoms with Gasteiger partial charge in [0, 0.05) is 36.3 Å². The van der Waals surface area contributed by atoms with Gasteiger partial charge in [0.05, 0.1) is 6.10 Å². The normalized spacial score (nSPS) is 10.5. The minimum atomic E-state index is -0.168. The zero-order valence-corrected chi connectivity index (χ0v) is 15.9. The summed E-state index contributed by atoms with van der Waals surface area (Å²) in [6.45, 7) is 5.68. The minimum absolute atomic E-state index is 0.0846. The van der Waals surface area contributed by atoms with Gasteiger partial charge in [-0.1, -0.05) is 11.6 Å². The fourth-order valence-corrected chi connectivity index (χ4v) is 2.54. The van der Waals surface area contributed by atoms with Gasteiger partial charge in [0.25, 0.3) is 0 Å². The molecule has 0 aliphatic carbocycles. The first kappa shape index (κ1) is 19.8. The zero-order valence-electron chi connectivity index (χ0n) is 15.2. The molecule has 0 saturated heterocycles. The molecule has 0 heterocycles. The van der Waals surface area contributed by atoms with E-state index in [2.05, 4.69) is 5.32 Å². The Balaban J connectivity index is 1.96. The molecule has 0 spiro atoms. The van der Waals surface area contributed by atoms with Crippen LogP contribution in [0, 0.1) is 0 Å². The third-order valence-corrected chi connectivity index (χ3v) is 3.84. The molecule has 2 amide bonds. The van der Waals surface area contributed by atoms with Crippen molar-refractivity contribution in [3.8, 4) is 5.75 Å². The standard InChI is InChI=1S/C20H23ClN2O3/c1-14(2)26-19-10-8-18(9-11-19)23(15(3)24)13-12-20(25)22-17-6-4-16(21)5-7-17/h4-11,14H,12-13H2,1-3H3,(H,22,25). The number of carbonyl (C=O) groups excluding carboxylic acids is 2. The van der Waals surface area contributed by atoms with E-state index in [1.807, 2.05) is 38.1 Å². The quantitative estimate of drug-likeness (QED) is 0.775. The lowest BCUT2D eigenvalue weighted by atomic mass is 10.2. The Bertz CT molecular complexity index is 743. The van der Waals surface area contributed by atoms with Crippen LogP contribution < -0.4 is 15.0 Å². The van der Waals surface area contributed by atoms with Crippen LogP contribution in [0.15, 0.2) is 48.5 Å². The second-order valence-electron chi connectivity index (χ2n) is 6.14. The van der Waals surface area contributed by atoms with Gasteiger partial charge in [-0.3, -0.25) is 9.59 Å². The minimum Gasteiger partial charge on any atom is -0.491 e. The third kappa shape index (κ3) is 6.08. The van der Waals surface area contributed by atoms with Crippen LogP contribution in [0.3, 0.4) is 0 Å². The predicted molar refractivity (Wildman–Crippen MR) is 105 cm³/mol. The van der Waals surface area contributed by atoms with E-state index in [9.17, 15) is 9.59 Å². The summed E-state index contributed by atoms with van der Waals surface area (Å²) in [4.78, 5) is 25.7. The van der Waals surface area contributed by atoms with Crippen molar-refractivity contribution in [1.82, 2.24) is 0 Å². The first-order valence-corrected chi connectivity index (χ1v) is 8.83. The number of hydrogen-bond donors (Lipinski definition) is 1. The number of hydrogen-bond acceptors (Lipinski definition) is 3. The topological polar surface area (TPSA) is 58.6 Å². The molecule has 2 rings (SSSR count). The summed E-state index contributed by atoms with van der Waals surface area (Å²) in [6.07, 6.45) is 0.272. The molecule has 2 aromatic rings. The summed E-state index contributed by atoms with van der Waals surface area (Å²) in [5.74, 6) is 0.452. The van der Waals surface area contributed by atoms with Gasteiger partial charge >= 0.3 is 0 Å². The smallest absolute Gasteiger partial charge is 0.226 e. The van der Waals surface area contributed by atoms with E-state index in [-0.39, 0.29) is 24.3 Å². The molecule has 26 heavy (non-hydrogen) atoms. The number of halogens is 1. The second-order valence-corrected chi connectivity index (χ2v) is 6.57. The molecular weight excluding hydrogens is 352 g/mol. The first-order valence-electron chi connectivity index (χ1n) is 8.45. The van der Waals surface area contributed by atoms with Crippen LogP contribution >= 0.6 is 11.6 Å². The fraction of sp³-hybridized carbons (Fsp3) is 0.300. The predicted octanol–water partition coefficient (Wildman–Crippen LogP) is 4.51. The number of amides is 2. The van der Waals surface area contributed by atoms with Crippen LogP contribution in [0.25, 0.3) is 0 Å². The van der Waals surface area contributed by atoms with Gasteiger partial charge in [-0.2, -0.15) is 0 Å². The van der Waals surface area contributed by atoms with E-state index in [1.165, 1.54) is 6.92 Å². The molecule has 0 radical (unpaired) electrons. The second kappa shape index (κ2) is 9.25. The van der Waals surface area contributed by atoms with E-state index in [0.29, 0.717) is 17.3 Å². The highest BCUT2D eigenvalue weighted by Gasteiger charge is 2.14. The summed E-state index contributed by atoms with van der Waals surface area (Å²) >= 11 is 5.83. The van der Waals surface area contributed by atoms with Gasteiger partial charge in [-0.15, -0.1) is 0 Å². The molecule has 0 saturated carbocycles. The Morgan fingerprint density at radius 3 is 2.23 bits per heavy atom. The molecule has 0 aromatic heterocycles. The molecule has 0 aliphatic heterocycles. The summed E-state index contributed by atoms with van der Waals surface area (Å²) in [7, 11) is 0. The fourth-order valence-electron chi connectivity index (χ4n) is 2.42. The van der Waals surface area contributed by atoms with Gasteiger partial charge < -0.3 is 15.0 Å². The van der Waals surface area contributed by atoms with Crippen LogP contribution in [0.5, 0.6) is 5.75 Å². The highest BCUT2D eigenvalue weighted by Crippen LogP contribution is 2.21. The van der Waals surface area contributed by atoms with Gasteiger partial charge in [-0.25, -0.2) is 0 Å². The molecular formula is C20H23ClN2O3. The molecule has 2 aromatic carbocycles. The highest BCUT2D eigenvalue weighted by molar-refractivity contribution is 6.30. The Morgan fingerprint density at radius 2 is 1.69 bits per heavy atom. The van der Waals surface area contributed by atoms with Crippen LogP contribution in [0.4, 0.5) is 11.4 Å². The molecule has 1 N–H and O–H groups in total. The van der Waals surface area contributed by atoms with Gasteiger partial charge in [-0.05, 0) is 62.4 Å². The first-order chi connectivity index (χ1) is 12.3. The van der Waals surface area contributed by atoms with Crippen molar-refractivity contribution in [2.45, 2.75) is 33.3 Å². The molecule has 0 aliphatic rings. The lowest BCUT2D eigenvalue weighted by molar-refractivity contribution is -0.117. The number of benzene rings is 2. The number of carbonyl (C=O) groups is 2. The monoisotopic (exact) mass is 374 g/mol. The Labute approximate surface area is 158 Å². The van der Waals surface area contributed by atoms with Crippen molar-refractivity contribution in [1.29, 1.82) is 0 Å². The maximum atomic E-state index is 12.1. The molecule has 0 unspecified atom stereocenters. The maximum absolute atomic E-state index is 12.1. The van der Waals surface area contributed by atoms with Gasteiger partial charge in [0.2, 0.25) is 11.8 Å². The molecule has 138 valence electrons. The maximum Gasteiger partial charge on any atom is 0.226 e. The van der Waals surface area contributed by atoms with Crippen LogP contribution in [0.1, 0.15) is 27.2 Å². The summed E-state index contributed by atoms with van der Waals surface area (Å²) in [6, 6.07) is 14.1. The van der Waals surface area contributed by atoms with Crippen molar-refractivity contribution in [2.75, 3.05) is 16.8 Å². The van der Waals surface area contributed by atoms with Gasteiger partial charge in [0.15, 0.2) is 0 Å².